The fourth-order valence-corrected chi connectivity index (χ4v) is 2.13. The lowest BCUT2D eigenvalue weighted by Gasteiger charge is -2.00. The molecule has 1 aromatic heterocycles. The van der Waals surface area contributed by atoms with Crippen LogP contribution in [0.3, 0.4) is 0 Å². The molecule has 2 aromatic rings. The number of nitro benzene ring substituents is 1. The Hall–Kier alpha value is -2.06. The van der Waals surface area contributed by atoms with Crippen molar-refractivity contribution < 1.29 is 9.72 Å². The Kier molecular flexibility index (Phi) is 4.26. The van der Waals surface area contributed by atoms with Gasteiger partial charge in [-0.1, -0.05) is 11.3 Å². The summed E-state index contributed by atoms with van der Waals surface area (Å²) in [4.78, 5) is 21.5. The Morgan fingerprint density at radius 3 is 2.60 bits per heavy atom. The molecule has 7 nitrogen and oxygen atoms in total. The number of nitro groups is 1. The molecular formula is C11H9ClN4O3S. The van der Waals surface area contributed by atoms with E-state index in [1.54, 1.807) is 19.1 Å². The Morgan fingerprint density at radius 1 is 1.40 bits per heavy atom. The minimum absolute atomic E-state index is 0.00255. The van der Waals surface area contributed by atoms with E-state index in [9.17, 15) is 14.9 Å². The molecule has 0 spiro atoms. The zero-order valence-electron chi connectivity index (χ0n) is 10.2. The van der Waals surface area contributed by atoms with Crippen molar-refractivity contribution in [3.05, 3.63) is 34.4 Å². The number of non-ortho nitro benzene ring substituents is 1. The van der Waals surface area contributed by atoms with Gasteiger partial charge < -0.3 is 0 Å². The monoisotopic (exact) mass is 312 g/mol. The maximum Gasteiger partial charge on any atom is 0.269 e. The average molecular weight is 313 g/mol. The SMILES string of the molecule is C[C@H](Cl)C(=O)Nc1nnc(-c2ccc([N+](=O)[O-])cc2)s1. The molecule has 0 saturated carbocycles. The Morgan fingerprint density at radius 2 is 2.05 bits per heavy atom. The number of benzene rings is 1. The van der Waals surface area contributed by atoms with Gasteiger partial charge in [0.05, 0.1) is 4.92 Å². The van der Waals surface area contributed by atoms with Gasteiger partial charge in [0.1, 0.15) is 10.4 Å². The minimum atomic E-state index is -0.665. The van der Waals surface area contributed by atoms with Gasteiger partial charge in [0.25, 0.3) is 5.69 Å². The normalized spacial score (nSPS) is 11.9. The van der Waals surface area contributed by atoms with Crippen LogP contribution in [-0.4, -0.2) is 26.4 Å². The van der Waals surface area contributed by atoms with Crippen LogP contribution in [0.25, 0.3) is 10.6 Å². The second-order valence-electron chi connectivity index (χ2n) is 3.82. The molecular weight excluding hydrogens is 304 g/mol. The lowest BCUT2D eigenvalue weighted by molar-refractivity contribution is -0.384. The van der Waals surface area contributed by atoms with Gasteiger partial charge in [-0.2, -0.15) is 0 Å². The number of hydrogen-bond acceptors (Lipinski definition) is 6. The largest absolute Gasteiger partial charge is 0.299 e. The van der Waals surface area contributed by atoms with E-state index < -0.39 is 10.3 Å². The van der Waals surface area contributed by atoms with Gasteiger partial charge in [-0.15, -0.1) is 21.8 Å². The highest BCUT2D eigenvalue weighted by Crippen LogP contribution is 2.27. The van der Waals surface area contributed by atoms with Gasteiger partial charge in [-0.05, 0) is 19.1 Å². The van der Waals surface area contributed by atoms with Crippen LogP contribution in [0.4, 0.5) is 10.8 Å². The molecule has 2 rings (SSSR count). The molecule has 1 N–H and O–H groups in total. The van der Waals surface area contributed by atoms with E-state index in [0.29, 0.717) is 15.7 Å². The zero-order chi connectivity index (χ0) is 14.7. The molecule has 1 aromatic carbocycles. The van der Waals surface area contributed by atoms with Crippen LogP contribution in [0.5, 0.6) is 0 Å². The van der Waals surface area contributed by atoms with E-state index in [4.69, 9.17) is 11.6 Å². The number of aromatic nitrogens is 2. The summed E-state index contributed by atoms with van der Waals surface area (Å²) in [5, 5.41) is 21.0. The lowest BCUT2D eigenvalue weighted by atomic mass is 10.2. The number of anilines is 1. The molecule has 1 atom stereocenters. The number of alkyl halides is 1. The highest BCUT2D eigenvalue weighted by Gasteiger charge is 2.14. The van der Waals surface area contributed by atoms with Crippen molar-refractivity contribution in [2.45, 2.75) is 12.3 Å². The van der Waals surface area contributed by atoms with Crippen molar-refractivity contribution in [1.29, 1.82) is 0 Å². The van der Waals surface area contributed by atoms with E-state index in [1.807, 2.05) is 0 Å². The van der Waals surface area contributed by atoms with Crippen LogP contribution in [0.2, 0.25) is 0 Å². The first-order valence-electron chi connectivity index (χ1n) is 5.50. The maximum atomic E-state index is 11.4. The summed E-state index contributed by atoms with van der Waals surface area (Å²) < 4.78 is 0. The predicted octanol–water partition coefficient (Wildman–Crippen LogP) is 2.68. The van der Waals surface area contributed by atoms with Crippen LogP contribution in [0, 0.1) is 10.1 Å². The number of rotatable bonds is 4. The highest BCUT2D eigenvalue weighted by molar-refractivity contribution is 7.18. The lowest BCUT2D eigenvalue weighted by Crippen LogP contribution is -2.20. The van der Waals surface area contributed by atoms with E-state index in [2.05, 4.69) is 15.5 Å². The summed E-state index contributed by atoms with van der Waals surface area (Å²) in [5.41, 5.74) is 0.690. The Bertz CT molecular complexity index is 641. The molecule has 0 aliphatic rings. The number of amides is 1. The maximum absolute atomic E-state index is 11.4. The third-order valence-electron chi connectivity index (χ3n) is 2.34. The Labute approximate surface area is 122 Å². The van der Waals surface area contributed by atoms with Gasteiger partial charge in [0.15, 0.2) is 0 Å². The number of nitrogens with zero attached hydrogens (tertiary/aromatic N) is 3. The summed E-state index contributed by atoms with van der Waals surface area (Å²) >= 11 is 6.79. The molecule has 1 heterocycles. The molecule has 9 heteroatoms. The first-order chi connectivity index (χ1) is 9.47. The fraction of sp³-hybridized carbons (Fsp3) is 0.182. The average Bonchev–Trinajstić information content (AvgIpc) is 2.87. The van der Waals surface area contributed by atoms with Crippen molar-refractivity contribution in [2.24, 2.45) is 0 Å². The molecule has 0 bridgehead atoms. The molecule has 0 aliphatic heterocycles. The van der Waals surface area contributed by atoms with Crippen LogP contribution in [0.1, 0.15) is 6.92 Å². The van der Waals surface area contributed by atoms with Crippen LogP contribution in [-0.2, 0) is 4.79 Å². The van der Waals surface area contributed by atoms with Crippen molar-refractivity contribution in [3.8, 4) is 10.6 Å². The van der Waals surface area contributed by atoms with Gasteiger partial charge in [-0.25, -0.2) is 0 Å². The van der Waals surface area contributed by atoms with Crippen molar-refractivity contribution in [1.82, 2.24) is 10.2 Å². The van der Waals surface area contributed by atoms with Crippen LogP contribution >= 0.6 is 22.9 Å². The van der Waals surface area contributed by atoms with Crippen molar-refractivity contribution >= 4 is 39.7 Å². The molecule has 104 valence electrons. The summed E-state index contributed by atoms with van der Waals surface area (Å²) in [6.07, 6.45) is 0. The number of carbonyl (C=O) groups is 1. The van der Waals surface area contributed by atoms with Crippen LogP contribution in [0.15, 0.2) is 24.3 Å². The first-order valence-corrected chi connectivity index (χ1v) is 6.76. The third kappa shape index (κ3) is 3.28. The fourth-order valence-electron chi connectivity index (χ4n) is 1.32. The summed E-state index contributed by atoms with van der Waals surface area (Å²) in [5.74, 6) is -0.363. The van der Waals surface area contributed by atoms with Crippen molar-refractivity contribution in [2.75, 3.05) is 5.32 Å². The highest BCUT2D eigenvalue weighted by atomic mass is 35.5. The molecule has 1 amide bonds. The quantitative estimate of drug-likeness (QED) is 0.531. The standard InChI is InChI=1S/C11H9ClN4O3S/c1-6(12)9(17)13-11-15-14-10(20-11)7-2-4-8(5-3-7)16(18)19/h2-6H,1H3,(H,13,15,17)/t6-/m0/s1. The van der Waals surface area contributed by atoms with Crippen molar-refractivity contribution in [3.63, 3.8) is 0 Å². The number of nitrogens with one attached hydrogen (secondary N) is 1. The predicted molar refractivity (Wildman–Crippen MR) is 75.9 cm³/mol. The molecule has 0 saturated heterocycles. The summed E-state index contributed by atoms with van der Waals surface area (Å²) in [6, 6.07) is 5.93. The summed E-state index contributed by atoms with van der Waals surface area (Å²) in [7, 11) is 0. The number of halogens is 1. The van der Waals surface area contributed by atoms with E-state index in [1.165, 1.54) is 12.1 Å². The van der Waals surface area contributed by atoms with Gasteiger partial charge in [-0.3, -0.25) is 20.2 Å². The molecule has 0 aliphatic carbocycles. The second-order valence-corrected chi connectivity index (χ2v) is 5.45. The van der Waals surface area contributed by atoms with Gasteiger partial charge >= 0.3 is 0 Å². The number of hydrogen-bond donors (Lipinski definition) is 1. The number of carbonyl (C=O) groups excluding carboxylic acids is 1. The minimum Gasteiger partial charge on any atom is -0.299 e. The molecule has 20 heavy (non-hydrogen) atoms. The van der Waals surface area contributed by atoms with E-state index >= 15 is 0 Å². The van der Waals surface area contributed by atoms with Crippen LogP contribution < -0.4 is 5.32 Å². The van der Waals surface area contributed by atoms with Gasteiger partial charge in [0.2, 0.25) is 11.0 Å². The zero-order valence-corrected chi connectivity index (χ0v) is 11.8. The first kappa shape index (κ1) is 14.4. The Balaban J connectivity index is 2.16. The topological polar surface area (TPSA) is 98.0 Å². The summed E-state index contributed by atoms with van der Waals surface area (Å²) in [6.45, 7) is 1.55. The molecule has 0 fully saturated rings. The molecule has 0 radical (unpaired) electrons. The second kappa shape index (κ2) is 5.93. The molecule has 0 unspecified atom stereocenters. The van der Waals surface area contributed by atoms with E-state index in [-0.39, 0.29) is 11.6 Å². The third-order valence-corrected chi connectivity index (χ3v) is 3.43. The van der Waals surface area contributed by atoms with E-state index in [0.717, 1.165) is 11.3 Å². The van der Waals surface area contributed by atoms with Gasteiger partial charge in [0, 0.05) is 17.7 Å². The smallest absolute Gasteiger partial charge is 0.269 e.